The molecule has 2 aromatic heterocycles. The summed E-state index contributed by atoms with van der Waals surface area (Å²) in [6, 6.07) is 2.16. The summed E-state index contributed by atoms with van der Waals surface area (Å²) >= 11 is 1.59. The van der Waals surface area contributed by atoms with Gasteiger partial charge in [-0.15, -0.1) is 11.3 Å². The van der Waals surface area contributed by atoms with Crippen molar-refractivity contribution in [2.75, 3.05) is 11.9 Å². The lowest BCUT2D eigenvalue weighted by Crippen LogP contribution is -2.18. The number of fused-ring (bicyclic) bond motifs is 1. The first-order chi connectivity index (χ1) is 9.20. The van der Waals surface area contributed by atoms with Gasteiger partial charge in [-0.2, -0.15) is 0 Å². The highest BCUT2D eigenvalue weighted by atomic mass is 32.1. The fourth-order valence-electron chi connectivity index (χ4n) is 1.78. The van der Waals surface area contributed by atoms with Crippen LogP contribution in [0.3, 0.4) is 0 Å². The number of carbonyl (C=O) groups excluding carboxylic acids is 1. The topological polar surface area (TPSA) is 64.1 Å². The molecule has 19 heavy (non-hydrogen) atoms. The quantitative estimate of drug-likeness (QED) is 0.824. The van der Waals surface area contributed by atoms with Crippen LogP contribution in [-0.2, 0) is 9.53 Å². The molecule has 6 heteroatoms. The number of ether oxygens (including phenoxy) is 1. The van der Waals surface area contributed by atoms with Crippen LogP contribution in [0.2, 0.25) is 0 Å². The molecule has 0 aliphatic rings. The van der Waals surface area contributed by atoms with Crippen molar-refractivity contribution in [3.63, 3.8) is 0 Å². The number of nitrogens with one attached hydrogen (secondary N) is 1. The minimum Gasteiger partial charge on any atom is -0.466 e. The van der Waals surface area contributed by atoms with Gasteiger partial charge in [0.15, 0.2) is 0 Å². The fraction of sp³-hybridized carbons (Fsp3) is 0.462. The van der Waals surface area contributed by atoms with E-state index in [1.54, 1.807) is 17.7 Å². The van der Waals surface area contributed by atoms with Crippen LogP contribution in [0.4, 0.5) is 5.82 Å². The number of esters is 1. The van der Waals surface area contributed by atoms with Crippen molar-refractivity contribution in [3.05, 3.63) is 17.8 Å². The smallest absolute Gasteiger partial charge is 0.305 e. The molecular formula is C13H17N3O2S. The molecule has 0 spiro atoms. The zero-order valence-electron chi connectivity index (χ0n) is 11.0. The van der Waals surface area contributed by atoms with Gasteiger partial charge >= 0.3 is 5.97 Å². The molecule has 1 N–H and O–H groups in total. The van der Waals surface area contributed by atoms with E-state index < -0.39 is 0 Å². The summed E-state index contributed by atoms with van der Waals surface area (Å²) in [5.41, 5.74) is 0. The molecule has 5 nitrogen and oxygen atoms in total. The third-order valence-corrected chi connectivity index (χ3v) is 3.55. The van der Waals surface area contributed by atoms with E-state index in [1.165, 1.54) is 0 Å². The zero-order valence-corrected chi connectivity index (χ0v) is 11.9. The van der Waals surface area contributed by atoms with Gasteiger partial charge in [0.25, 0.3) is 0 Å². The van der Waals surface area contributed by atoms with Crippen molar-refractivity contribution < 1.29 is 9.53 Å². The summed E-state index contributed by atoms with van der Waals surface area (Å²) in [6.07, 6.45) is 2.69. The average molecular weight is 279 g/mol. The molecule has 2 rings (SSSR count). The van der Waals surface area contributed by atoms with E-state index in [-0.39, 0.29) is 12.0 Å². The van der Waals surface area contributed by atoms with E-state index in [9.17, 15) is 4.79 Å². The molecule has 0 saturated carbocycles. The maximum atomic E-state index is 11.3. The van der Waals surface area contributed by atoms with Gasteiger partial charge in [-0.3, -0.25) is 4.79 Å². The Kier molecular flexibility index (Phi) is 4.68. The molecule has 0 aliphatic heterocycles. The van der Waals surface area contributed by atoms with Gasteiger partial charge < -0.3 is 10.1 Å². The Morgan fingerprint density at radius 1 is 1.53 bits per heavy atom. The van der Waals surface area contributed by atoms with Crippen molar-refractivity contribution in [1.82, 2.24) is 9.97 Å². The second kappa shape index (κ2) is 6.47. The van der Waals surface area contributed by atoms with E-state index in [0.717, 1.165) is 16.0 Å². The lowest BCUT2D eigenvalue weighted by atomic mass is 10.2. The summed E-state index contributed by atoms with van der Waals surface area (Å²) in [5.74, 6) is 0.669. The predicted molar refractivity (Wildman–Crippen MR) is 76.4 cm³/mol. The van der Waals surface area contributed by atoms with Crippen LogP contribution in [0, 0.1) is 0 Å². The molecule has 2 aromatic rings. The lowest BCUT2D eigenvalue weighted by Gasteiger charge is -2.14. The second-order valence-corrected chi connectivity index (χ2v) is 5.15. The highest BCUT2D eigenvalue weighted by Crippen LogP contribution is 2.24. The molecule has 1 unspecified atom stereocenters. The minimum absolute atomic E-state index is 0.153. The van der Waals surface area contributed by atoms with E-state index in [1.807, 2.05) is 25.3 Å². The molecule has 0 aromatic carbocycles. The number of thiophene rings is 1. The molecule has 0 bridgehead atoms. The standard InChI is InChI=1S/C13H17N3O2S/c1-3-18-11(17)5-4-9(2)16-12-10-6-7-19-13(10)15-8-14-12/h6-9H,3-5H2,1-2H3,(H,14,15,16). The maximum absolute atomic E-state index is 11.3. The van der Waals surface area contributed by atoms with Crippen LogP contribution >= 0.6 is 11.3 Å². The Hall–Kier alpha value is -1.69. The van der Waals surface area contributed by atoms with Gasteiger partial charge in [-0.1, -0.05) is 0 Å². The van der Waals surface area contributed by atoms with Gasteiger partial charge in [0, 0.05) is 12.5 Å². The number of carbonyl (C=O) groups is 1. The summed E-state index contributed by atoms with van der Waals surface area (Å²) in [6.45, 7) is 4.27. The van der Waals surface area contributed by atoms with E-state index >= 15 is 0 Å². The van der Waals surface area contributed by atoms with E-state index in [0.29, 0.717) is 19.4 Å². The van der Waals surface area contributed by atoms with Crippen molar-refractivity contribution >= 4 is 33.3 Å². The molecule has 2 heterocycles. The molecule has 0 saturated heterocycles. The highest BCUT2D eigenvalue weighted by Gasteiger charge is 2.10. The van der Waals surface area contributed by atoms with Gasteiger partial charge in [-0.25, -0.2) is 9.97 Å². The number of hydrogen-bond acceptors (Lipinski definition) is 6. The van der Waals surface area contributed by atoms with Crippen molar-refractivity contribution in [3.8, 4) is 0 Å². The third-order valence-electron chi connectivity index (χ3n) is 2.73. The Morgan fingerprint density at radius 3 is 3.16 bits per heavy atom. The molecule has 0 radical (unpaired) electrons. The third kappa shape index (κ3) is 3.64. The van der Waals surface area contributed by atoms with E-state index in [4.69, 9.17) is 4.74 Å². The monoisotopic (exact) mass is 279 g/mol. The predicted octanol–water partition coefficient (Wildman–Crippen LogP) is 2.84. The second-order valence-electron chi connectivity index (χ2n) is 4.25. The van der Waals surface area contributed by atoms with Gasteiger partial charge in [0.1, 0.15) is 17.0 Å². The van der Waals surface area contributed by atoms with Gasteiger partial charge in [0.2, 0.25) is 0 Å². The van der Waals surface area contributed by atoms with Crippen molar-refractivity contribution in [2.24, 2.45) is 0 Å². The first-order valence-corrected chi connectivity index (χ1v) is 7.19. The lowest BCUT2D eigenvalue weighted by molar-refractivity contribution is -0.143. The minimum atomic E-state index is -0.153. The van der Waals surface area contributed by atoms with Gasteiger partial charge in [0.05, 0.1) is 12.0 Å². The summed E-state index contributed by atoms with van der Waals surface area (Å²) < 4.78 is 4.91. The van der Waals surface area contributed by atoms with Crippen LogP contribution in [-0.4, -0.2) is 28.6 Å². The Balaban J connectivity index is 1.93. The first kappa shape index (κ1) is 13.7. The average Bonchev–Trinajstić information content (AvgIpc) is 2.86. The van der Waals surface area contributed by atoms with Crippen molar-refractivity contribution in [2.45, 2.75) is 32.7 Å². The SMILES string of the molecule is CCOC(=O)CCC(C)Nc1ncnc2sccc12. The molecule has 1 atom stereocenters. The zero-order chi connectivity index (χ0) is 13.7. The van der Waals surface area contributed by atoms with Crippen LogP contribution in [0.5, 0.6) is 0 Å². The molecular weight excluding hydrogens is 262 g/mol. The van der Waals surface area contributed by atoms with Crippen LogP contribution in [0.1, 0.15) is 26.7 Å². The Labute approximate surface area is 116 Å². The van der Waals surface area contributed by atoms with E-state index in [2.05, 4.69) is 15.3 Å². The summed E-state index contributed by atoms with van der Waals surface area (Å²) in [7, 11) is 0. The number of hydrogen-bond donors (Lipinski definition) is 1. The van der Waals surface area contributed by atoms with Gasteiger partial charge in [-0.05, 0) is 31.7 Å². The van der Waals surface area contributed by atoms with Crippen molar-refractivity contribution in [1.29, 1.82) is 0 Å². The molecule has 0 fully saturated rings. The fourth-order valence-corrected chi connectivity index (χ4v) is 2.51. The number of aromatic nitrogens is 2. The molecule has 0 amide bonds. The number of anilines is 1. The summed E-state index contributed by atoms with van der Waals surface area (Å²) in [5, 5.41) is 6.33. The Bertz CT molecular complexity index is 556. The van der Waals surface area contributed by atoms with Crippen LogP contribution in [0.25, 0.3) is 10.2 Å². The first-order valence-electron chi connectivity index (χ1n) is 6.31. The molecule has 0 aliphatic carbocycles. The summed E-state index contributed by atoms with van der Waals surface area (Å²) in [4.78, 5) is 20.7. The largest absolute Gasteiger partial charge is 0.466 e. The maximum Gasteiger partial charge on any atom is 0.305 e. The number of rotatable bonds is 6. The Morgan fingerprint density at radius 2 is 2.37 bits per heavy atom. The van der Waals surface area contributed by atoms with Crippen LogP contribution in [0.15, 0.2) is 17.8 Å². The van der Waals surface area contributed by atoms with Crippen LogP contribution < -0.4 is 5.32 Å². The number of nitrogens with zero attached hydrogens (tertiary/aromatic N) is 2. The molecule has 102 valence electrons. The highest BCUT2D eigenvalue weighted by molar-refractivity contribution is 7.16. The normalized spacial score (nSPS) is 12.3.